The van der Waals surface area contributed by atoms with Crippen LogP contribution >= 0.6 is 0 Å². The molecule has 0 bridgehead atoms. The van der Waals surface area contributed by atoms with E-state index in [4.69, 9.17) is 5.26 Å². The van der Waals surface area contributed by atoms with Gasteiger partial charge in [-0.15, -0.1) is 0 Å². The Hall–Kier alpha value is -2.41. The smallest absolute Gasteiger partial charge is 0.280 e. The Labute approximate surface area is 92.4 Å². The fourth-order valence-corrected chi connectivity index (χ4v) is 1.51. The summed E-state index contributed by atoms with van der Waals surface area (Å²) in [7, 11) is 0. The molecule has 78 valence electrons. The molecular weight excluding hydrogens is 202 g/mol. The Morgan fingerprint density at radius 2 is 2.12 bits per heavy atom. The SMILES string of the molecule is Cc1ccccc1-n1ccnc(C#N)c1=O. The summed E-state index contributed by atoms with van der Waals surface area (Å²) in [5, 5.41) is 8.73. The van der Waals surface area contributed by atoms with Gasteiger partial charge in [-0.1, -0.05) is 18.2 Å². The molecule has 16 heavy (non-hydrogen) atoms. The number of benzene rings is 1. The van der Waals surface area contributed by atoms with Gasteiger partial charge in [0.2, 0.25) is 5.69 Å². The van der Waals surface area contributed by atoms with Crippen LogP contribution in [0.25, 0.3) is 5.69 Å². The predicted molar refractivity (Wildman–Crippen MR) is 59.3 cm³/mol. The highest BCUT2D eigenvalue weighted by atomic mass is 16.1. The minimum absolute atomic E-state index is 0.0919. The zero-order valence-corrected chi connectivity index (χ0v) is 8.71. The third kappa shape index (κ3) is 1.59. The molecule has 2 rings (SSSR count). The number of hydrogen-bond donors (Lipinski definition) is 0. The van der Waals surface area contributed by atoms with Crippen molar-refractivity contribution >= 4 is 0 Å². The fourth-order valence-electron chi connectivity index (χ4n) is 1.51. The van der Waals surface area contributed by atoms with Crippen LogP contribution in [0.5, 0.6) is 0 Å². The summed E-state index contributed by atoms with van der Waals surface area (Å²) in [6, 6.07) is 9.27. The van der Waals surface area contributed by atoms with Crippen LogP contribution in [0.2, 0.25) is 0 Å². The molecule has 0 saturated heterocycles. The average Bonchev–Trinajstić information content (AvgIpc) is 2.31. The first kappa shape index (κ1) is 10.1. The third-order valence-electron chi connectivity index (χ3n) is 2.32. The first-order chi connectivity index (χ1) is 7.74. The number of aryl methyl sites for hydroxylation is 1. The molecule has 0 spiro atoms. The highest BCUT2D eigenvalue weighted by Crippen LogP contribution is 2.10. The number of nitrogens with zero attached hydrogens (tertiary/aromatic N) is 3. The predicted octanol–water partition coefficient (Wildman–Crippen LogP) is 1.41. The van der Waals surface area contributed by atoms with Crippen LogP contribution in [-0.4, -0.2) is 9.55 Å². The van der Waals surface area contributed by atoms with Gasteiger partial charge in [0.05, 0.1) is 5.69 Å². The minimum Gasteiger partial charge on any atom is -0.280 e. The van der Waals surface area contributed by atoms with Crippen molar-refractivity contribution in [3.8, 4) is 11.8 Å². The zero-order valence-electron chi connectivity index (χ0n) is 8.71. The van der Waals surface area contributed by atoms with Gasteiger partial charge >= 0.3 is 0 Å². The summed E-state index contributed by atoms with van der Waals surface area (Å²) < 4.78 is 1.43. The summed E-state index contributed by atoms with van der Waals surface area (Å²) in [6.07, 6.45) is 3.01. The number of para-hydroxylation sites is 1. The highest BCUT2D eigenvalue weighted by Gasteiger charge is 2.06. The van der Waals surface area contributed by atoms with Crippen molar-refractivity contribution in [1.29, 1.82) is 5.26 Å². The maximum absolute atomic E-state index is 11.8. The van der Waals surface area contributed by atoms with Crippen LogP contribution in [0.15, 0.2) is 41.5 Å². The molecule has 0 aliphatic carbocycles. The van der Waals surface area contributed by atoms with Gasteiger partial charge in [0, 0.05) is 12.4 Å². The van der Waals surface area contributed by atoms with Crippen molar-refractivity contribution in [3.05, 3.63) is 58.3 Å². The van der Waals surface area contributed by atoms with Crippen LogP contribution in [0.1, 0.15) is 11.3 Å². The van der Waals surface area contributed by atoms with Crippen LogP contribution in [0.4, 0.5) is 0 Å². The molecule has 0 radical (unpaired) electrons. The maximum atomic E-state index is 11.8. The van der Waals surface area contributed by atoms with Crippen LogP contribution in [0.3, 0.4) is 0 Å². The normalized spacial score (nSPS) is 9.75. The van der Waals surface area contributed by atoms with E-state index in [0.29, 0.717) is 0 Å². The lowest BCUT2D eigenvalue weighted by Crippen LogP contribution is -2.22. The first-order valence-electron chi connectivity index (χ1n) is 4.78. The Morgan fingerprint density at radius 1 is 1.38 bits per heavy atom. The molecule has 4 heteroatoms. The van der Waals surface area contributed by atoms with Crippen molar-refractivity contribution < 1.29 is 0 Å². The van der Waals surface area contributed by atoms with E-state index in [9.17, 15) is 4.79 Å². The van der Waals surface area contributed by atoms with Gasteiger partial charge in [-0.2, -0.15) is 5.26 Å². The Balaban J connectivity index is 2.72. The van der Waals surface area contributed by atoms with E-state index >= 15 is 0 Å². The molecule has 1 aromatic carbocycles. The molecular formula is C12H9N3O. The summed E-state index contributed by atoms with van der Waals surface area (Å²) in [6.45, 7) is 1.91. The van der Waals surface area contributed by atoms with Crippen molar-refractivity contribution in [2.24, 2.45) is 0 Å². The van der Waals surface area contributed by atoms with Gasteiger partial charge in [0.15, 0.2) is 0 Å². The van der Waals surface area contributed by atoms with Crippen molar-refractivity contribution in [2.45, 2.75) is 6.92 Å². The first-order valence-corrected chi connectivity index (χ1v) is 4.78. The molecule has 0 amide bonds. The minimum atomic E-state index is -0.390. The molecule has 2 aromatic rings. The molecule has 0 N–H and O–H groups in total. The second-order valence-electron chi connectivity index (χ2n) is 3.35. The molecule has 0 aliphatic rings. The monoisotopic (exact) mass is 211 g/mol. The highest BCUT2D eigenvalue weighted by molar-refractivity contribution is 5.40. The van der Waals surface area contributed by atoms with Gasteiger partial charge in [-0.05, 0) is 18.6 Å². The van der Waals surface area contributed by atoms with Crippen LogP contribution in [-0.2, 0) is 0 Å². The van der Waals surface area contributed by atoms with E-state index in [1.165, 1.54) is 10.8 Å². The number of aromatic nitrogens is 2. The second kappa shape index (κ2) is 3.99. The third-order valence-corrected chi connectivity index (χ3v) is 2.32. The lowest BCUT2D eigenvalue weighted by atomic mass is 10.2. The van der Waals surface area contributed by atoms with E-state index in [-0.39, 0.29) is 11.3 Å². The van der Waals surface area contributed by atoms with Gasteiger partial charge in [0.25, 0.3) is 5.56 Å². The lowest BCUT2D eigenvalue weighted by molar-refractivity contribution is 0.934. The average molecular weight is 211 g/mol. The largest absolute Gasteiger partial charge is 0.291 e. The Kier molecular flexibility index (Phi) is 2.52. The molecule has 0 aliphatic heterocycles. The van der Waals surface area contributed by atoms with Crippen molar-refractivity contribution in [3.63, 3.8) is 0 Å². The molecule has 0 unspecified atom stereocenters. The van der Waals surface area contributed by atoms with E-state index in [1.807, 2.05) is 31.2 Å². The summed E-state index contributed by atoms with van der Waals surface area (Å²) >= 11 is 0. The van der Waals surface area contributed by atoms with Crippen molar-refractivity contribution in [1.82, 2.24) is 9.55 Å². The topological polar surface area (TPSA) is 58.7 Å². The van der Waals surface area contributed by atoms with E-state index < -0.39 is 0 Å². The molecule has 4 nitrogen and oxygen atoms in total. The van der Waals surface area contributed by atoms with Crippen LogP contribution < -0.4 is 5.56 Å². The van der Waals surface area contributed by atoms with Gasteiger partial charge in [0.1, 0.15) is 6.07 Å². The summed E-state index contributed by atoms with van der Waals surface area (Å²) in [5.74, 6) is 0. The zero-order chi connectivity index (χ0) is 11.5. The molecule has 0 atom stereocenters. The quantitative estimate of drug-likeness (QED) is 0.716. The summed E-state index contributed by atoms with van der Waals surface area (Å²) in [4.78, 5) is 15.5. The molecule has 0 saturated carbocycles. The van der Waals surface area contributed by atoms with Crippen molar-refractivity contribution in [2.75, 3.05) is 0 Å². The summed E-state index contributed by atoms with van der Waals surface area (Å²) in [5.41, 5.74) is 1.26. The second-order valence-corrected chi connectivity index (χ2v) is 3.35. The maximum Gasteiger partial charge on any atom is 0.291 e. The fraction of sp³-hybridized carbons (Fsp3) is 0.0833. The molecule has 1 heterocycles. The number of hydrogen-bond acceptors (Lipinski definition) is 3. The number of rotatable bonds is 1. The Bertz CT molecular complexity index is 623. The van der Waals surface area contributed by atoms with Crippen LogP contribution in [0, 0.1) is 18.3 Å². The van der Waals surface area contributed by atoms with E-state index in [2.05, 4.69) is 4.98 Å². The van der Waals surface area contributed by atoms with Gasteiger partial charge < -0.3 is 0 Å². The number of nitriles is 1. The van der Waals surface area contributed by atoms with E-state index in [1.54, 1.807) is 12.3 Å². The molecule has 0 fully saturated rings. The van der Waals surface area contributed by atoms with E-state index in [0.717, 1.165) is 11.3 Å². The van der Waals surface area contributed by atoms with Gasteiger partial charge in [-0.25, -0.2) is 4.98 Å². The standard InChI is InChI=1S/C12H9N3O/c1-9-4-2-3-5-11(9)15-7-6-14-10(8-13)12(15)16/h2-7H,1H3. The lowest BCUT2D eigenvalue weighted by Gasteiger charge is -2.07. The Morgan fingerprint density at radius 3 is 2.81 bits per heavy atom. The molecule has 1 aromatic heterocycles. The van der Waals surface area contributed by atoms with Gasteiger partial charge in [-0.3, -0.25) is 9.36 Å².